The summed E-state index contributed by atoms with van der Waals surface area (Å²) in [5.74, 6) is 1.27. The van der Waals surface area contributed by atoms with E-state index in [2.05, 4.69) is 5.32 Å². The van der Waals surface area contributed by atoms with Crippen molar-refractivity contribution in [2.75, 3.05) is 6.54 Å². The van der Waals surface area contributed by atoms with Crippen LogP contribution in [0, 0.1) is 17.7 Å². The highest BCUT2D eigenvalue weighted by Gasteiger charge is 2.49. The van der Waals surface area contributed by atoms with Gasteiger partial charge in [-0.25, -0.2) is 4.39 Å². The first-order chi connectivity index (χ1) is 9.74. The molecule has 2 aliphatic carbocycles. The Morgan fingerprint density at radius 3 is 2.50 bits per heavy atom. The second kappa shape index (κ2) is 4.55. The van der Waals surface area contributed by atoms with Crippen molar-refractivity contribution in [1.82, 2.24) is 10.2 Å². The van der Waals surface area contributed by atoms with Crippen LogP contribution in [0.25, 0.3) is 0 Å². The monoisotopic (exact) mass is 274 g/mol. The van der Waals surface area contributed by atoms with Gasteiger partial charge in [0.1, 0.15) is 12.0 Å². The first kappa shape index (κ1) is 12.3. The normalized spacial score (nSPS) is 26.6. The molecular weight excluding hydrogens is 255 g/mol. The van der Waals surface area contributed by atoms with Crippen molar-refractivity contribution in [3.8, 4) is 0 Å². The molecular formula is C16H19FN2O. The third kappa shape index (κ3) is 2.12. The quantitative estimate of drug-likeness (QED) is 0.914. The Kier molecular flexibility index (Phi) is 2.81. The van der Waals surface area contributed by atoms with E-state index >= 15 is 0 Å². The Balaban J connectivity index is 1.66. The zero-order chi connectivity index (χ0) is 13.7. The van der Waals surface area contributed by atoms with Gasteiger partial charge in [0.2, 0.25) is 5.91 Å². The van der Waals surface area contributed by atoms with Gasteiger partial charge < -0.3 is 4.90 Å². The van der Waals surface area contributed by atoms with Gasteiger partial charge in [0.05, 0.1) is 6.54 Å². The van der Waals surface area contributed by atoms with Crippen molar-refractivity contribution in [3.05, 3.63) is 35.6 Å². The fourth-order valence-electron chi connectivity index (χ4n) is 3.53. The molecule has 1 aromatic rings. The average molecular weight is 274 g/mol. The molecule has 1 amide bonds. The second-order valence-corrected chi connectivity index (χ2v) is 6.30. The van der Waals surface area contributed by atoms with E-state index in [4.69, 9.17) is 0 Å². The van der Waals surface area contributed by atoms with Crippen LogP contribution in [0.1, 0.15) is 37.4 Å². The van der Waals surface area contributed by atoms with Gasteiger partial charge in [-0.3, -0.25) is 10.1 Å². The van der Waals surface area contributed by atoms with Gasteiger partial charge in [-0.05, 0) is 55.2 Å². The third-order valence-electron chi connectivity index (χ3n) is 4.71. The van der Waals surface area contributed by atoms with Crippen LogP contribution in [-0.4, -0.2) is 23.4 Å². The number of halogens is 1. The maximum absolute atomic E-state index is 13.5. The number of carbonyl (C=O) groups is 1. The summed E-state index contributed by atoms with van der Waals surface area (Å²) in [5.41, 5.74) is 0.863. The summed E-state index contributed by atoms with van der Waals surface area (Å²) in [6.07, 6.45) is 4.80. The van der Waals surface area contributed by atoms with Gasteiger partial charge >= 0.3 is 0 Å². The predicted octanol–water partition coefficient (Wildman–Crippen LogP) is 2.44. The minimum Gasteiger partial charge on any atom is -0.318 e. The minimum atomic E-state index is -0.238. The second-order valence-electron chi connectivity index (χ2n) is 6.30. The molecule has 1 aliphatic heterocycles. The van der Waals surface area contributed by atoms with Crippen molar-refractivity contribution in [1.29, 1.82) is 0 Å². The number of benzene rings is 1. The van der Waals surface area contributed by atoms with Crippen LogP contribution >= 0.6 is 0 Å². The lowest BCUT2D eigenvalue weighted by Crippen LogP contribution is -2.42. The molecule has 3 nitrogen and oxygen atoms in total. The summed E-state index contributed by atoms with van der Waals surface area (Å²) in [4.78, 5) is 14.3. The van der Waals surface area contributed by atoms with Gasteiger partial charge in [0, 0.05) is 6.04 Å². The van der Waals surface area contributed by atoms with Crippen LogP contribution in [-0.2, 0) is 4.79 Å². The maximum atomic E-state index is 13.5. The molecule has 1 saturated heterocycles. The Labute approximate surface area is 118 Å². The number of amides is 1. The van der Waals surface area contributed by atoms with Crippen LogP contribution in [0.15, 0.2) is 24.3 Å². The molecule has 0 bridgehead atoms. The minimum absolute atomic E-state index is 0.149. The summed E-state index contributed by atoms with van der Waals surface area (Å²) in [5, 5.41) is 3.26. The fraction of sp³-hybridized carbons (Fsp3) is 0.562. The first-order valence-corrected chi connectivity index (χ1v) is 7.54. The Morgan fingerprint density at radius 1 is 1.20 bits per heavy atom. The zero-order valence-corrected chi connectivity index (χ0v) is 11.4. The summed E-state index contributed by atoms with van der Waals surface area (Å²) in [6.45, 7) is 0.372. The average Bonchev–Trinajstić information content (AvgIpc) is 3.32. The van der Waals surface area contributed by atoms with Crippen molar-refractivity contribution in [2.45, 2.75) is 37.9 Å². The molecule has 1 heterocycles. The third-order valence-corrected chi connectivity index (χ3v) is 4.71. The topological polar surface area (TPSA) is 32.3 Å². The standard InChI is InChI=1S/C16H19FN2O/c17-13-3-1-2-12(8-13)16-18-9-14(20)19(16)15(10-4-5-10)11-6-7-11/h1-3,8,10-11,15-16,18H,4-7,9H2. The van der Waals surface area contributed by atoms with Gasteiger partial charge in [-0.2, -0.15) is 0 Å². The molecule has 3 aliphatic rings. The van der Waals surface area contributed by atoms with E-state index in [1.54, 1.807) is 12.1 Å². The molecule has 1 aromatic carbocycles. The van der Waals surface area contributed by atoms with Crippen LogP contribution in [0.3, 0.4) is 0 Å². The number of nitrogens with one attached hydrogen (secondary N) is 1. The number of hydrogen-bond donors (Lipinski definition) is 1. The molecule has 4 rings (SSSR count). The molecule has 0 aromatic heterocycles. The molecule has 1 atom stereocenters. The Bertz CT molecular complexity index is 527. The zero-order valence-electron chi connectivity index (χ0n) is 11.4. The molecule has 106 valence electrons. The van der Waals surface area contributed by atoms with E-state index in [-0.39, 0.29) is 17.9 Å². The molecule has 20 heavy (non-hydrogen) atoms. The Morgan fingerprint density at radius 2 is 1.90 bits per heavy atom. The smallest absolute Gasteiger partial charge is 0.238 e. The predicted molar refractivity (Wildman–Crippen MR) is 73.2 cm³/mol. The van der Waals surface area contributed by atoms with Crippen LogP contribution in [0.2, 0.25) is 0 Å². The van der Waals surface area contributed by atoms with E-state index < -0.39 is 0 Å². The Hall–Kier alpha value is -1.42. The van der Waals surface area contributed by atoms with E-state index in [0.717, 1.165) is 5.56 Å². The fourth-order valence-corrected chi connectivity index (χ4v) is 3.53. The molecule has 1 N–H and O–H groups in total. The lowest BCUT2D eigenvalue weighted by molar-refractivity contribution is -0.131. The van der Waals surface area contributed by atoms with Crippen molar-refractivity contribution < 1.29 is 9.18 Å². The number of hydrogen-bond acceptors (Lipinski definition) is 2. The maximum Gasteiger partial charge on any atom is 0.238 e. The van der Waals surface area contributed by atoms with E-state index in [1.165, 1.54) is 31.7 Å². The van der Waals surface area contributed by atoms with E-state index in [9.17, 15) is 9.18 Å². The van der Waals surface area contributed by atoms with Crippen LogP contribution in [0.5, 0.6) is 0 Å². The van der Waals surface area contributed by atoms with Crippen molar-refractivity contribution in [3.63, 3.8) is 0 Å². The highest BCUT2D eigenvalue weighted by molar-refractivity contribution is 5.81. The number of nitrogens with zero attached hydrogens (tertiary/aromatic N) is 1. The molecule has 2 saturated carbocycles. The van der Waals surface area contributed by atoms with Crippen molar-refractivity contribution >= 4 is 5.91 Å². The summed E-state index contributed by atoms with van der Waals surface area (Å²) in [7, 11) is 0. The highest BCUT2D eigenvalue weighted by atomic mass is 19.1. The van der Waals surface area contributed by atoms with Crippen molar-refractivity contribution in [2.24, 2.45) is 11.8 Å². The first-order valence-electron chi connectivity index (χ1n) is 7.54. The lowest BCUT2D eigenvalue weighted by Gasteiger charge is -2.33. The van der Waals surface area contributed by atoms with E-state index in [1.807, 2.05) is 11.0 Å². The molecule has 3 fully saturated rings. The van der Waals surface area contributed by atoms with Gasteiger partial charge in [-0.1, -0.05) is 12.1 Å². The van der Waals surface area contributed by atoms with E-state index in [0.29, 0.717) is 24.4 Å². The molecule has 1 unspecified atom stereocenters. The van der Waals surface area contributed by atoms with Gasteiger partial charge in [0.15, 0.2) is 0 Å². The number of rotatable bonds is 4. The number of carbonyl (C=O) groups excluding carboxylic acids is 1. The van der Waals surface area contributed by atoms with Gasteiger partial charge in [0.25, 0.3) is 0 Å². The molecule has 0 radical (unpaired) electrons. The molecule has 0 spiro atoms. The molecule has 4 heteroatoms. The summed E-state index contributed by atoms with van der Waals surface area (Å²) >= 11 is 0. The van der Waals surface area contributed by atoms with Gasteiger partial charge in [-0.15, -0.1) is 0 Å². The van der Waals surface area contributed by atoms with Crippen LogP contribution in [0.4, 0.5) is 4.39 Å². The SMILES string of the molecule is O=C1CNC(c2cccc(F)c2)N1C(C1CC1)C1CC1. The largest absolute Gasteiger partial charge is 0.318 e. The summed E-state index contributed by atoms with van der Waals surface area (Å²) < 4.78 is 13.5. The highest BCUT2D eigenvalue weighted by Crippen LogP contribution is 2.49. The van der Waals surface area contributed by atoms with Crippen LogP contribution < -0.4 is 5.32 Å². The summed E-state index contributed by atoms with van der Waals surface area (Å²) in [6, 6.07) is 6.98. The lowest BCUT2D eigenvalue weighted by atomic mass is 10.0.